The highest BCUT2D eigenvalue weighted by Crippen LogP contribution is 2.28. The number of carbonyl (C=O) groups is 1. The van der Waals surface area contributed by atoms with Crippen LogP contribution in [0.3, 0.4) is 0 Å². The molecule has 2 aromatic carbocycles. The van der Waals surface area contributed by atoms with Gasteiger partial charge in [-0.2, -0.15) is 4.72 Å². The van der Waals surface area contributed by atoms with E-state index in [1.54, 1.807) is 30.0 Å². The van der Waals surface area contributed by atoms with Gasteiger partial charge in [0.15, 0.2) is 0 Å². The summed E-state index contributed by atoms with van der Waals surface area (Å²) in [4.78, 5) is 14.8. The van der Waals surface area contributed by atoms with Crippen molar-refractivity contribution in [3.05, 3.63) is 65.5 Å². The Hall–Kier alpha value is -2.25. The van der Waals surface area contributed by atoms with Crippen LogP contribution in [0.15, 0.2) is 53.4 Å². The number of halogens is 1. The lowest BCUT2D eigenvalue weighted by Gasteiger charge is -2.26. The molecule has 0 heterocycles. The summed E-state index contributed by atoms with van der Waals surface area (Å²) in [5.74, 6) is -0.560. The molecule has 1 atom stereocenters. The molecule has 1 amide bonds. The summed E-state index contributed by atoms with van der Waals surface area (Å²) in [7, 11) is -3.78. The van der Waals surface area contributed by atoms with Crippen LogP contribution in [-0.2, 0) is 21.2 Å². The molecule has 7 heteroatoms. The quantitative estimate of drug-likeness (QED) is 0.735. The van der Waals surface area contributed by atoms with Crippen molar-refractivity contribution in [3.8, 4) is 0 Å². The molecule has 2 aromatic rings. The van der Waals surface area contributed by atoms with Crippen molar-refractivity contribution >= 4 is 15.9 Å². The zero-order valence-corrected chi connectivity index (χ0v) is 16.9. The van der Waals surface area contributed by atoms with Crippen molar-refractivity contribution in [2.45, 2.75) is 50.1 Å². The average Bonchev–Trinajstić information content (AvgIpc) is 3.47. The zero-order valence-electron chi connectivity index (χ0n) is 16.1. The van der Waals surface area contributed by atoms with Gasteiger partial charge in [-0.1, -0.05) is 29.8 Å². The molecular formula is C21H25FN2O3S. The van der Waals surface area contributed by atoms with Crippen LogP contribution in [0.5, 0.6) is 0 Å². The summed E-state index contributed by atoms with van der Waals surface area (Å²) in [5.41, 5.74) is 1.77. The molecule has 1 aliphatic carbocycles. The van der Waals surface area contributed by atoms with Gasteiger partial charge < -0.3 is 4.90 Å². The van der Waals surface area contributed by atoms with Crippen LogP contribution in [0.2, 0.25) is 0 Å². The zero-order chi connectivity index (χ0) is 20.3. The van der Waals surface area contributed by atoms with Crippen molar-refractivity contribution < 1.29 is 17.6 Å². The fourth-order valence-corrected chi connectivity index (χ4v) is 4.32. The summed E-state index contributed by atoms with van der Waals surface area (Å²) in [6, 6.07) is 12.1. The second kappa shape index (κ2) is 8.41. The number of rotatable bonds is 8. The number of sulfonamides is 1. The fraction of sp³-hybridized carbons (Fsp3) is 0.381. The molecule has 0 aliphatic heterocycles. The number of nitrogens with zero attached hydrogens (tertiary/aromatic N) is 1. The Balaban J connectivity index is 1.66. The highest BCUT2D eigenvalue weighted by atomic mass is 32.2. The first kappa shape index (κ1) is 20.5. The summed E-state index contributed by atoms with van der Waals surface area (Å²) in [6.45, 7) is 3.87. The van der Waals surface area contributed by atoms with Crippen molar-refractivity contribution in [2.24, 2.45) is 0 Å². The molecule has 0 aromatic heterocycles. The monoisotopic (exact) mass is 404 g/mol. The van der Waals surface area contributed by atoms with E-state index in [-0.39, 0.29) is 22.7 Å². The molecule has 0 radical (unpaired) electrons. The summed E-state index contributed by atoms with van der Waals surface area (Å²) in [5, 5.41) is 0. The first-order valence-electron chi connectivity index (χ1n) is 9.40. The number of carbonyl (C=O) groups excluding carboxylic acids is 1. The van der Waals surface area contributed by atoms with Gasteiger partial charge in [-0.25, -0.2) is 12.8 Å². The molecule has 0 saturated heterocycles. The molecule has 1 saturated carbocycles. The van der Waals surface area contributed by atoms with Gasteiger partial charge in [-0.15, -0.1) is 0 Å². The molecule has 28 heavy (non-hydrogen) atoms. The van der Waals surface area contributed by atoms with Crippen molar-refractivity contribution in [1.29, 1.82) is 0 Å². The molecule has 1 fully saturated rings. The van der Waals surface area contributed by atoms with Crippen molar-refractivity contribution in [1.82, 2.24) is 9.62 Å². The van der Waals surface area contributed by atoms with Crippen LogP contribution in [0.25, 0.3) is 0 Å². The molecule has 0 unspecified atom stereocenters. The number of benzene rings is 2. The van der Waals surface area contributed by atoms with Crippen molar-refractivity contribution in [2.75, 3.05) is 6.54 Å². The molecule has 0 spiro atoms. The number of aryl methyl sites for hydroxylation is 1. The fourth-order valence-electron chi connectivity index (χ4n) is 3.12. The summed E-state index contributed by atoms with van der Waals surface area (Å²) < 4.78 is 41.0. The summed E-state index contributed by atoms with van der Waals surface area (Å²) >= 11 is 0. The Morgan fingerprint density at radius 3 is 2.50 bits per heavy atom. The van der Waals surface area contributed by atoms with Gasteiger partial charge >= 0.3 is 0 Å². The van der Waals surface area contributed by atoms with Gasteiger partial charge in [-0.05, 0) is 62.9 Å². The Labute approximate surface area is 165 Å². The maximum atomic E-state index is 13.4. The van der Waals surface area contributed by atoms with E-state index in [9.17, 15) is 17.6 Å². The third-order valence-electron chi connectivity index (χ3n) is 4.83. The predicted octanol–water partition coefficient (Wildman–Crippen LogP) is 3.03. The van der Waals surface area contributed by atoms with E-state index in [4.69, 9.17) is 0 Å². The van der Waals surface area contributed by atoms with Crippen molar-refractivity contribution in [3.63, 3.8) is 0 Å². The van der Waals surface area contributed by atoms with E-state index in [2.05, 4.69) is 4.72 Å². The topological polar surface area (TPSA) is 66.5 Å². The SMILES string of the molecule is Cc1ccc(S(=O)(=O)N[C@@H](C)C(=O)N(CCc2cccc(F)c2)C2CC2)cc1. The first-order valence-corrected chi connectivity index (χ1v) is 10.9. The molecule has 1 aliphatic rings. The van der Waals surface area contributed by atoms with Crippen LogP contribution in [0.1, 0.15) is 30.9 Å². The molecule has 1 N–H and O–H groups in total. The second-order valence-electron chi connectivity index (χ2n) is 7.30. The van der Waals surface area contributed by atoms with E-state index >= 15 is 0 Å². The maximum absolute atomic E-state index is 13.4. The molecule has 150 valence electrons. The highest BCUT2D eigenvalue weighted by molar-refractivity contribution is 7.89. The first-order chi connectivity index (χ1) is 13.3. The Morgan fingerprint density at radius 1 is 1.21 bits per heavy atom. The van der Waals surface area contributed by atoms with Crippen LogP contribution >= 0.6 is 0 Å². The molecule has 3 rings (SSSR count). The predicted molar refractivity (Wildman–Crippen MR) is 106 cm³/mol. The number of hydrogen-bond donors (Lipinski definition) is 1. The van der Waals surface area contributed by atoms with E-state index in [0.717, 1.165) is 24.0 Å². The van der Waals surface area contributed by atoms with Gasteiger partial charge in [0.1, 0.15) is 5.82 Å². The van der Waals surface area contributed by atoms with E-state index < -0.39 is 16.1 Å². The minimum Gasteiger partial charge on any atom is -0.338 e. The lowest BCUT2D eigenvalue weighted by atomic mass is 10.1. The standard InChI is InChI=1S/C21H25FN2O3S/c1-15-6-10-20(11-7-15)28(26,27)23-16(2)21(25)24(19-8-9-19)13-12-17-4-3-5-18(22)14-17/h3-7,10-11,14,16,19,23H,8-9,12-13H2,1-2H3/t16-/m0/s1. The minimum atomic E-state index is -3.78. The van der Waals surface area contributed by atoms with Gasteiger partial charge in [0.25, 0.3) is 0 Å². The molecule has 0 bridgehead atoms. The normalized spacial score (nSPS) is 15.2. The van der Waals surface area contributed by atoms with Gasteiger partial charge in [0, 0.05) is 12.6 Å². The largest absolute Gasteiger partial charge is 0.338 e. The van der Waals surface area contributed by atoms with Crippen LogP contribution < -0.4 is 4.72 Å². The summed E-state index contributed by atoms with van der Waals surface area (Å²) in [6.07, 6.45) is 2.34. The Bertz CT molecular complexity index is 940. The van der Waals surface area contributed by atoms with Gasteiger partial charge in [0.05, 0.1) is 10.9 Å². The van der Waals surface area contributed by atoms with Gasteiger partial charge in [0.2, 0.25) is 15.9 Å². The smallest absolute Gasteiger partial charge is 0.241 e. The Kier molecular flexibility index (Phi) is 6.15. The number of hydrogen-bond acceptors (Lipinski definition) is 3. The molecule has 5 nitrogen and oxygen atoms in total. The minimum absolute atomic E-state index is 0.132. The maximum Gasteiger partial charge on any atom is 0.241 e. The van der Waals surface area contributed by atoms with E-state index in [1.807, 2.05) is 13.0 Å². The third kappa shape index (κ3) is 5.17. The van der Waals surface area contributed by atoms with E-state index in [1.165, 1.54) is 24.3 Å². The van der Waals surface area contributed by atoms with Crippen LogP contribution in [-0.4, -0.2) is 37.9 Å². The number of amides is 1. The second-order valence-corrected chi connectivity index (χ2v) is 9.01. The lowest BCUT2D eigenvalue weighted by molar-refractivity contribution is -0.133. The highest BCUT2D eigenvalue weighted by Gasteiger charge is 2.35. The van der Waals surface area contributed by atoms with E-state index in [0.29, 0.717) is 13.0 Å². The van der Waals surface area contributed by atoms with Crippen LogP contribution in [0.4, 0.5) is 4.39 Å². The number of nitrogens with one attached hydrogen (secondary N) is 1. The van der Waals surface area contributed by atoms with Crippen LogP contribution in [0, 0.1) is 12.7 Å². The average molecular weight is 405 g/mol. The third-order valence-corrected chi connectivity index (χ3v) is 6.39. The molecular weight excluding hydrogens is 379 g/mol. The lowest BCUT2D eigenvalue weighted by Crippen LogP contribution is -2.48. The van der Waals surface area contributed by atoms with Gasteiger partial charge in [-0.3, -0.25) is 4.79 Å². The Morgan fingerprint density at radius 2 is 1.89 bits per heavy atom.